The molecule has 2 heterocycles. The number of hydrogen-bond donors (Lipinski definition) is 2. The number of rotatable bonds is 11. The van der Waals surface area contributed by atoms with Crippen LogP contribution in [-0.2, 0) is 14.9 Å². The van der Waals surface area contributed by atoms with E-state index in [1.165, 1.54) is 17.1 Å². The average Bonchev–Trinajstić information content (AvgIpc) is 2.74. The highest BCUT2D eigenvalue weighted by atomic mass is 32.2. The molecule has 1 atom stereocenters. The number of hydrogen-bond acceptors (Lipinski definition) is 5. The molecule has 7 nitrogen and oxygen atoms in total. The van der Waals surface area contributed by atoms with E-state index in [4.69, 9.17) is 4.74 Å². The van der Waals surface area contributed by atoms with Gasteiger partial charge < -0.3 is 14.7 Å². The van der Waals surface area contributed by atoms with E-state index in [0.29, 0.717) is 18.8 Å². The topological polar surface area (TPSA) is 82.1 Å². The molecule has 0 amide bonds. The van der Waals surface area contributed by atoms with Gasteiger partial charge in [-0.05, 0) is 63.7 Å². The third kappa shape index (κ3) is 7.81. The van der Waals surface area contributed by atoms with Gasteiger partial charge in [0.15, 0.2) is 0 Å². The number of β-amino-alcohol motifs (C(OH)–C–C–N with tert-alkyl or cyclic N) is 1. The second-order valence-electron chi connectivity index (χ2n) is 8.45. The van der Waals surface area contributed by atoms with Gasteiger partial charge in [-0.1, -0.05) is 31.0 Å². The minimum atomic E-state index is -3.50. The van der Waals surface area contributed by atoms with E-state index in [-0.39, 0.29) is 12.2 Å². The fourth-order valence-corrected chi connectivity index (χ4v) is 5.49. The Balaban J connectivity index is 1.23. The number of benzene rings is 1. The number of piperidine rings is 2. The van der Waals surface area contributed by atoms with Gasteiger partial charge in [0.1, 0.15) is 0 Å². The van der Waals surface area contributed by atoms with Crippen molar-refractivity contribution in [1.82, 2.24) is 9.21 Å². The van der Waals surface area contributed by atoms with Gasteiger partial charge in [0.05, 0.1) is 12.2 Å². The van der Waals surface area contributed by atoms with Crippen LogP contribution in [0.5, 0.6) is 0 Å². The Bertz CT molecular complexity index is 708. The standard InChI is InChI=1S/C22H37N3O4S/c26-21-11-8-15-24(19-21)14-6-1-2-7-18-29-22-12-16-25(17-13-22)30(27,28)23-20-9-4-3-5-10-20/h3-5,9-10,21-23,26H,1-2,6-8,11-19H2. The van der Waals surface area contributed by atoms with Crippen LogP contribution in [0.3, 0.4) is 0 Å². The molecule has 30 heavy (non-hydrogen) atoms. The summed E-state index contributed by atoms with van der Waals surface area (Å²) in [7, 11) is -3.50. The van der Waals surface area contributed by atoms with Crippen molar-refractivity contribution in [2.24, 2.45) is 0 Å². The minimum absolute atomic E-state index is 0.136. The summed E-state index contributed by atoms with van der Waals surface area (Å²) >= 11 is 0. The molecular formula is C22H37N3O4S. The maximum absolute atomic E-state index is 12.5. The second-order valence-corrected chi connectivity index (χ2v) is 10.1. The van der Waals surface area contributed by atoms with Gasteiger partial charge in [-0.2, -0.15) is 12.7 Å². The van der Waals surface area contributed by atoms with Crippen LogP contribution in [0.25, 0.3) is 0 Å². The number of ether oxygens (including phenoxy) is 1. The fraction of sp³-hybridized carbons (Fsp3) is 0.727. The van der Waals surface area contributed by atoms with E-state index < -0.39 is 10.2 Å². The Morgan fingerprint density at radius 3 is 2.47 bits per heavy atom. The summed E-state index contributed by atoms with van der Waals surface area (Å²) in [5.74, 6) is 0. The smallest absolute Gasteiger partial charge is 0.301 e. The molecule has 2 fully saturated rings. The number of nitrogens with one attached hydrogen (secondary N) is 1. The zero-order chi connectivity index (χ0) is 21.2. The zero-order valence-electron chi connectivity index (χ0n) is 17.9. The Kier molecular flexibility index (Phi) is 9.39. The minimum Gasteiger partial charge on any atom is -0.392 e. The Labute approximate surface area is 181 Å². The predicted molar refractivity (Wildman–Crippen MR) is 120 cm³/mol. The van der Waals surface area contributed by atoms with Crippen molar-refractivity contribution in [2.75, 3.05) is 44.1 Å². The molecule has 1 aromatic carbocycles. The summed E-state index contributed by atoms with van der Waals surface area (Å²) in [6.07, 6.45) is 8.14. The van der Waals surface area contributed by atoms with Crippen LogP contribution < -0.4 is 4.72 Å². The number of para-hydroxylation sites is 1. The average molecular weight is 440 g/mol. The summed E-state index contributed by atoms with van der Waals surface area (Å²) in [4.78, 5) is 2.37. The molecule has 1 aromatic rings. The number of likely N-dealkylation sites (tertiary alicyclic amines) is 1. The monoisotopic (exact) mass is 439 g/mol. The molecule has 3 rings (SSSR count). The van der Waals surface area contributed by atoms with Crippen LogP contribution in [0.4, 0.5) is 5.69 Å². The van der Waals surface area contributed by atoms with Crippen LogP contribution in [0.2, 0.25) is 0 Å². The molecule has 0 aliphatic carbocycles. The third-order valence-corrected chi connectivity index (χ3v) is 7.50. The van der Waals surface area contributed by atoms with E-state index >= 15 is 0 Å². The van der Waals surface area contributed by atoms with E-state index in [1.807, 2.05) is 18.2 Å². The van der Waals surface area contributed by atoms with Crippen LogP contribution in [0.15, 0.2) is 30.3 Å². The molecule has 2 aliphatic heterocycles. The van der Waals surface area contributed by atoms with Gasteiger partial charge in [-0.15, -0.1) is 0 Å². The molecule has 2 saturated heterocycles. The van der Waals surface area contributed by atoms with Crippen molar-refractivity contribution in [3.63, 3.8) is 0 Å². The maximum Gasteiger partial charge on any atom is 0.301 e. The summed E-state index contributed by atoms with van der Waals surface area (Å²) in [5.41, 5.74) is 0.590. The first kappa shape index (κ1) is 23.5. The highest BCUT2D eigenvalue weighted by molar-refractivity contribution is 7.90. The summed E-state index contributed by atoms with van der Waals surface area (Å²) in [6, 6.07) is 9.00. The van der Waals surface area contributed by atoms with E-state index in [9.17, 15) is 13.5 Å². The first-order valence-electron chi connectivity index (χ1n) is 11.4. The molecule has 0 saturated carbocycles. The number of aliphatic hydroxyl groups excluding tert-OH is 1. The fourth-order valence-electron chi connectivity index (χ4n) is 4.23. The molecule has 0 bridgehead atoms. The SMILES string of the molecule is O=S(=O)(Nc1ccccc1)N1CCC(OCCCCCCN2CCCC(O)C2)CC1. The summed E-state index contributed by atoms with van der Waals surface area (Å²) in [6.45, 7) is 4.78. The number of aliphatic hydroxyl groups is 1. The maximum atomic E-state index is 12.5. The van der Waals surface area contributed by atoms with Crippen molar-refractivity contribution in [2.45, 2.75) is 63.6 Å². The lowest BCUT2D eigenvalue weighted by atomic mass is 10.1. The number of anilines is 1. The van der Waals surface area contributed by atoms with Crippen molar-refractivity contribution in [3.8, 4) is 0 Å². The molecule has 8 heteroatoms. The molecule has 0 aromatic heterocycles. The molecule has 1 unspecified atom stereocenters. The first-order valence-corrected chi connectivity index (χ1v) is 12.8. The summed E-state index contributed by atoms with van der Waals surface area (Å²) in [5, 5.41) is 9.71. The predicted octanol–water partition coefficient (Wildman–Crippen LogP) is 2.84. The van der Waals surface area contributed by atoms with Gasteiger partial charge in [-0.25, -0.2) is 0 Å². The van der Waals surface area contributed by atoms with Crippen molar-refractivity contribution in [3.05, 3.63) is 30.3 Å². The quantitative estimate of drug-likeness (QED) is 0.518. The van der Waals surface area contributed by atoms with Gasteiger partial charge >= 0.3 is 10.2 Å². The Morgan fingerprint density at radius 1 is 1.00 bits per heavy atom. The van der Waals surface area contributed by atoms with Gasteiger partial charge in [0, 0.05) is 31.9 Å². The van der Waals surface area contributed by atoms with E-state index in [1.54, 1.807) is 12.1 Å². The van der Waals surface area contributed by atoms with Gasteiger partial charge in [0.25, 0.3) is 0 Å². The van der Waals surface area contributed by atoms with E-state index in [2.05, 4.69) is 9.62 Å². The lowest BCUT2D eigenvalue weighted by Crippen LogP contribution is -2.43. The summed E-state index contributed by atoms with van der Waals surface area (Å²) < 4.78 is 35.2. The number of unbranched alkanes of at least 4 members (excludes halogenated alkanes) is 3. The largest absolute Gasteiger partial charge is 0.392 e. The Morgan fingerprint density at radius 2 is 1.73 bits per heavy atom. The van der Waals surface area contributed by atoms with Crippen molar-refractivity contribution < 1.29 is 18.3 Å². The second kappa shape index (κ2) is 12.0. The number of nitrogens with zero attached hydrogens (tertiary/aromatic N) is 2. The van der Waals surface area contributed by atoms with Crippen LogP contribution in [-0.4, -0.2) is 74.3 Å². The molecular weight excluding hydrogens is 402 g/mol. The van der Waals surface area contributed by atoms with E-state index in [0.717, 1.165) is 64.8 Å². The molecule has 0 radical (unpaired) electrons. The lowest BCUT2D eigenvalue weighted by molar-refractivity contribution is 0.0192. The highest BCUT2D eigenvalue weighted by Gasteiger charge is 2.28. The van der Waals surface area contributed by atoms with Crippen LogP contribution in [0.1, 0.15) is 51.4 Å². The lowest BCUT2D eigenvalue weighted by Gasteiger charge is -2.31. The molecule has 2 N–H and O–H groups in total. The first-order chi connectivity index (χ1) is 14.5. The van der Waals surface area contributed by atoms with Gasteiger partial charge in [-0.3, -0.25) is 4.72 Å². The Hall–Kier alpha value is -1.19. The van der Waals surface area contributed by atoms with Crippen LogP contribution >= 0.6 is 0 Å². The highest BCUT2D eigenvalue weighted by Crippen LogP contribution is 2.19. The van der Waals surface area contributed by atoms with Crippen molar-refractivity contribution in [1.29, 1.82) is 0 Å². The zero-order valence-corrected chi connectivity index (χ0v) is 18.7. The normalized spacial score (nSPS) is 22.2. The molecule has 0 spiro atoms. The molecule has 170 valence electrons. The molecule has 2 aliphatic rings. The van der Waals surface area contributed by atoms with Gasteiger partial charge in [0.2, 0.25) is 0 Å². The van der Waals surface area contributed by atoms with Crippen molar-refractivity contribution >= 4 is 15.9 Å². The third-order valence-electron chi connectivity index (χ3n) is 5.96. The van der Waals surface area contributed by atoms with Crippen LogP contribution in [0, 0.1) is 0 Å².